The van der Waals surface area contributed by atoms with E-state index in [4.69, 9.17) is 0 Å². The van der Waals surface area contributed by atoms with Crippen molar-refractivity contribution in [3.05, 3.63) is 111 Å². The van der Waals surface area contributed by atoms with Crippen molar-refractivity contribution in [2.75, 3.05) is 5.32 Å². The molecular formula is C27H25N3O6. The number of carboxylic acids is 1. The lowest BCUT2D eigenvalue weighted by atomic mass is 9.87. The van der Waals surface area contributed by atoms with Crippen LogP contribution in [0, 0.1) is 10.1 Å². The summed E-state index contributed by atoms with van der Waals surface area (Å²) in [6.45, 7) is 6.14. The molecule has 0 aliphatic heterocycles. The van der Waals surface area contributed by atoms with Gasteiger partial charge < -0.3 is 15.7 Å². The molecular weight excluding hydrogens is 462 g/mol. The molecule has 0 fully saturated rings. The molecule has 0 bridgehead atoms. The molecule has 3 N–H and O–H groups in total. The molecule has 0 atom stereocenters. The first-order valence-electron chi connectivity index (χ1n) is 11.0. The van der Waals surface area contributed by atoms with Crippen molar-refractivity contribution in [2.24, 2.45) is 0 Å². The van der Waals surface area contributed by atoms with Gasteiger partial charge in [0.05, 0.1) is 10.5 Å². The number of rotatable bonds is 7. The molecule has 3 rings (SSSR count). The third-order valence-electron chi connectivity index (χ3n) is 5.27. The number of hydrogen-bond donors (Lipinski definition) is 3. The minimum absolute atomic E-state index is 0.0278. The van der Waals surface area contributed by atoms with Crippen molar-refractivity contribution in [1.29, 1.82) is 0 Å². The zero-order valence-corrected chi connectivity index (χ0v) is 19.9. The van der Waals surface area contributed by atoms with Crippen molar-refractivity contribution < 1.29 is 24.4 Å². The molecule has 0 saturated carbocycles. The summed E-state index contributed by atoms with van der Waals surface area (Å²) in [7, 11) is 0. The number of non-ortho nitro benzene ring substituents is 1. The molecule has 36 heavy (non-hydrogen) atoms. The van der Waals surface area contributed by atoms with E-state index in [0.29, 0.717) is 11.1 Å². The number of aromatic carboxylic acids is 1. The number of benzene rings is 3. The lowest BCUT2D eigenvalue weighted by Gasteiger charge is -2.19. The van der Waals surface area contributed by atoms with Crippen molar-refractivity contribution >= 4 is 35.2 Å². The van der Waals surface area contributed by atoms with Gasteiger partial charge in [0.2, 0.25) is 0 Å². The minimum atomic E-state index is -1.16. The number of hydrogen-bond acceptors (Lipinski definition) is 5. The topological polar surface area (TPSA) is 139 Å². The molecule has 0 heterocycles. The van der Waals surface area contributed by atoms with Gasteiger partial charge in [-0.2, -0.15) is 0 Å². The van der Waals surface area contributed by atoms with Crippen LogP contribution in [0.3, 0.4) is 0 Å². The van der Waals surface area contributed by atoms with E-state index >= 15 is 0 Å². The van der Waals surface area contributed by atoms with Crippen LogP contribution < -0.4 is 10.6 Å². The van der Waals surface area contributed by atoms with Crippen molar-refractivity contribution in [1.82, 2.24) is 5.32 Å². The summed E-state index contributed by atoms with van der Waals surface area (Å²) in [5.74, 6) is -2.45. The maximum atomic E-state index is 13.1. The Morgan fingerprint density at radius 2 is 1.58 bits per heavy atom. The average Bonchev–Trinajstić information content (AvgIpc) is 2.83. The summed E-state index contributed by atoms with van der Waals surface area (Å²) in [6.07, 6.45) is 1.31. The number of amides is 2. The van der Waals surface area contributed by atoms with E-state index in [1.54, 1.807) is 18.2 Å². The molecule has 0 saturated heterocycles. The molecule has 0 aliphatic rings. The highest BCUT2D eigenvalue weighted by molar-refractivity contribution is 6.11. The lowest BCUT2D eigenvalue weighted by Crippen LogP contribution is -2.30. The number of nitrogens with zero attached hydrogens (tertiary/aromatic N) is 1. The van der Waals surface area contributed by atoms with Gasteiger partial charge in [-0.3, -0.25) is 19.7 Å². The number of carbonyl (C=O) groups excluding carboxylic acids is 2. The molecule has 0 aliphatic carbocycles. The Kier molecular flexibility index (Phi) is 7.64. The second-order valence-electron chi connectivity index (χ2n) is 9.03. The third kappa shape index (κ3) is 6.63. The van der Waals surface area contributed by atoms with Crippen LogP contribution in [0.4, 0.5) is 11.4 Å². The molecule has 184 valence electrons. The maximum Gasteiger partial charge on any atom is 0.335 e. The first kappa shape index (κ1) is 25.8. The van der Waals surface area contributed by atoms with E-state index in [9.17, 15) is 29.6 Å². The number of nitro benzene ring substituents is 1. The van der Waals surface area contributed by atoms with Gasteiger partial charge in [-0.15, -0.1) is 0 Å². The average molecular weight is 488 g/mol. The van der Waals surface area contributed by atoms with Crippen LogP contribution in [0.5, 0.6) is 0 Å². The van der Waals surface area contributed by atoms with Crippen LogP contribution >= 0.6 is 0 Å². The predicted octanol–water partition coefficient (Wildman–Crippen LogP) is 5.00. The number of nitro groups is 1. The van der Waals surface area contributed by atoms with E-state index in [-0.39, 0.29) is 28.1 Å². The lowest BCUT2D eigenvalue weighted by molar-refractivity contribution is -0.384. The summed E-state index contributed by atoms with van der Waals surface area (Å²) >= 11 is 0. The van der Waals surface area contributed by atoms with Gasteiger partial charge in [-0.25, -0.2) is 4.79 Å². The smallest absolute Gasteiger partial charge is 0.335 e. The summed E-state index contributed by atoms with van der Waals surface area (Å²) in [5.41, 5.74) is 1.37. The molecule has 0 unspecified atom stereocenters. The first-order chi connectivity index (χ1) is 16.9. The van der Waals surface area contributed by atoms with E-state index in [1.165, 1.54) is 48.5 Å². The molecule has 2 amide bonds. The quantitative estimate of drug-likeness (QED) is 0.243. The van der Waals surface area contributed by atoms with Crippen LogP contribution in [0.1, 0.15) is 52.6 Å². The number of carboxylic acid groups (broad SMARTS) is 1. The molecule has 3 aromatic rings. The highest BCUT2D eigenvalue weighted by Crippen LogP contribution is 2.22. The number of nitrogens with one attached hydrogen (secondary N) is 2. The number of anilines is 1. The first-order valence-corrected chi connectivity index (χ1v) is 11.0. The number of carbonyl (C=O) groups is 3. The van der Waals surface area contributed by atoms with Gasteiger partial charge in [0.15, 0.2) is 0 Å². The van der Waals surface area contributed by atoms with Gasteiger partial charge in [0, 0.05) is 23.4 Å². The highest BCUT2D eigenvalue weighted by atomic mass is 16.6. The standard InChI is InChI=1S/C27H25N3O6/c1-27(2,3)20-12-10-18(11-13-20)24(31)29-23(15-17-6-4-9-22(14-17)30(35)36)25(32)28-21-8-5-7-19(16-21)26(33)34/h4-16H,1-3H3,(H,28,32)(H,29,31)(H,33,34)/b23-15-. The van der Waals surface area contributed by atoms with Crippen molar-refractivity contribution in [3.63, 3.8) is 0 Å². The fourth-order valence-corrected chi connectivity index (χ4v) is 3.30. The van der Waals surface area contributed by atoms with Crippen LogP contribution in [-0.4, -0.2) is 27.8 Å². The van der Waals surface area contributed by atoms with Crippen molar-refractivity contribution in [3.8, 4) is 0 Å². The predicted molar refractivity (Wildman–Crippen MR) is 136 cm³/mol. The van der Waals surface area contributed by atoms with E-state index in [2.05, 4.69) is 10.6 Å². The van der Waals surface area contributed by atoms with Gasteiger partial charge in [0.1, 0.15) is 5.70 Å². The summed E-state index contributed by atoms with van der Waals surface area (Å²) in [4.78, 5) is 47.9. The second-order valence-corrected chi connectivity index (χ2v) is 9.03. The Morgan fingerprint density at radius 3 is 2.19 bits per heavy atom. The molecule has 0 radical (unpaired) electrons. The molecule has 0 spiro atoms. The molecule has 9 heteroatoms. The Balaban J connectivity index is 1.93. The Hall–Kier alpha value is -4.79. The largest absolute Gasteiger partial charge is 0.478 e. The van der Waals surface area contributed by atoms with Crippen LogP contribution in [-0.2, 0) is 10.2 Å². The van der Waals surface area contributed by atoms with E-state index in [0.717, 1.165) is 5.56 Å². The Morgan fingerprint density at radius 1 is 0.917 bits per heavy atom. The fourth-order valence-electron chi connectivity index (χ4n) is 3.30. The third-order valence-corrected chi connectivity index (χ3v) is 5.27. The monoisotopic (exact) mass is 487 g/mol. The molecule has 0 aromatic heterocycles. The van der Waals surface area contributed by atoms with Gasteiger partial charge in [0.25, 0.3) is 17.5 Å². The summed E-state index contributed by atoms with van der Waals surface area (Å²) < 4.78 is 0. The van der Waals surface area contributed by atoms with Gasteiger partial charge in [-0.05, 0) is 52.9 Å². The van der Waals surface area contributed by atoms with Crippen LogP contribution in [0.25, 0.3) is 6.08 Å². The minimum Gasteiger partial charge on any atom is -0.478 e. The maximum absolute atomic E-state index is 13.1. The Bertz CT molecular complexity index is 1350. The summed E-state index contributed by atoms with van der Waals surface area (Å²) in [6, 6.07) is 18.2. The van der Waals surface area contributed by atoms with E-state index < -0.39 is 22.7 Å². The zero-order valence-electron chi connectivity index (χ0n) is 19.9. The normalized spacial score (nSPS) is 11.5. The van der Waals surface area contributed by atoms with Crippen molar-refractivity contribution in [2.45, 2.75) is 26.2 Å². The Labute approximate surface area is 207 Å². The zero-order chi connectivity index (χ0) is 26.5. The molecule has 9 nitrogen and oxygen atoms in total. The highest BCUT2D eigenvalue weighted by Gasteiger charge is 2.18. The van der Waals surface area contributed by atoms with Gasteiger partial charge >= 0.3 is 5.97 Å². The summed E-state index contributed by atoms with van der Waals surface area (Å²) in [5, 5.41) is 25.5. The van der Waals surface area contributed by atoms with Crippen LogP contribution in [0.2, 0.25) is 0 Å². The van der Waals surface area contributed by atoms with E-state index in [1.807, 2.05) is 32.9 Å². The second kappa shape index (κ2) is 10.6. The SMILES string of the molecule is CC(C)(C)c1ccc(C(=O)N/C(=C\c2cccc([N+](=O)[O-])c2)C(=O)Nc2cccc(C(=O)O)c2)cc1. The molecule has 3 aromatic carbocycles. The fraction of sp³-hybridized carbons (Fsp3) is 0.148. The van der Waals surface area contributed by atoms with Gasteiger partial charge in [-0.1, -0.05) is 51.1 Å². The van der Waals surface area contributed by atoms with Crippen LogP contribution in [0.15, 0.2) is 78.5 Å².